The van der Waals surface area contributed by atoms with Gasteiger partial charge in [-0.1, -0.05) is 0 Å². The van der Waals surface area contributed by atoms with Crippen LogP contribution in [-0.4, -0.2) is 47.7 Å². The van der Waals surface area contributed by atoms with Crippen LogP contribution in [0.3, 0.4) is 0 Å². The highest BCUT2D eigenvalue weighted by Crippen LogP contribution is 2.29. The smallest absolute Gasteiger partial charge is 0.272 e. The second-order valence-electron chi connectivity index (χ2n) is 8.54. The second kappa shape index (κ2) is 8.60. The summed E-state index contributed by atoms with van der Waals surface area (Å²) in [7, 11) is 0. The van der Waals surface area contributed by atoms with Crippen molar-refractivity contribution in [2.24, 2.45) is 5.92 Å². The molecule has 8 nitrogen and oxygen atoms in total. The van der Waals surface area contributed by atoms with Gasteiger partial charge in [0.15, 0.2) is 5.69 Å². The van der Waals surface area contributed by atoms with Crippen molar-refractivity contribution in [1.29, 1.82) is 5.26 Å². The Morgan fingerprint density at radius 3 is 2.94 bits per heavy atom. The average Bonchev–Trinajstić information content (AvgIpc) is 3.37. The van der Waals surface area contributed by atoms with Gasteiger partial charge in [0.2, 0.25) is 5.88 Å². The van der Waals surface area contributed by atoms with Gasteiger partial charge in [0, 0.05) is 19.3 Å². The van der Waals surface area contributed by atoms with Gasteiger partial charge in [0.25, 0.3) is 5.91 Å². The lowest BCUT2D eigenvalue weighted by Gasteiger charge is -2.26. The first kappa shape index (κ1) is 19.9. The van der Waals surface area contributed by atoms with Crippen LogP contribution in [0.2, 0.25) is 0 Å². The van der Waals surface area contributed by atoms with E-state index in [1.54, 1.807) is 16.8 Å². The van der Waals surface area contributed by atoms with E-state index in [1.165, 1.54) is 0 Å². The molecule has 1 saturated heterocycles. The van der Waals surface area contributed by atoms with Crippen molar-refractivity contribution in [3.8, 4) is 17.7 Å². The summed E-state index contributed by atoms with van der Waals surface area (Å²) in [6.07, 6.45) is 5.15. The molecule has 5 rings (SSSR count). The van der Waals surface area contributed by atoms with E-state index in [9.17, 15) is 4.79 Å². The molecule has 1 amide bonds. The number of fused-ring (bicyclic) bond motifs is 2. The molecule has 4 heterocycles. The molecule has 2 unspecified atom stereocenters. The molecule has 1 fully saturated rings. The first-order chi connectivity index (χ1) is 15.2. The summed E-state index contributed by atoms with van der Waals surface area (Å²) in [5.41, 5.74) is 1.87. The number of aromatic nitrogens is 2. The molecule has 0 saturated carbocycles. The summed E-state index contributed by atoms with van der Waals surface area (Å²) in [6.45, 7) is 2.81. The molecule has 31 heavy (non-hydrogen) atoms. The Morgan fingerprint density at radius 1 is 1.26 bits per heavy atom. The van der Waals surface area contributed by atoms with Crippen LogP contribution in [0, 0.1) is 17.2 Å². The molecule has 1 N–H and O–H groups in total. The fourth-order valence-corrected chi connectivity index (χ4v) is 4.56. The first-order valence-electron chi connectivity index (χ1n) is 11.0. The zero-order valence-corrected chi connectivity index (χ0v) is 17.4. The maximum atomic E-state index is 12.7. The van der Waals surface area contributed by atoms with Crippen molar-refractivity contribution in [2.45, 2.75) is 50.8 Å². The molecule has 3 aliphatic heterocycles. The fraction of sp³-hybridized carbons (Fsp3) is 0.522. The van der Waals surface area contributed by atoms with Gasteiger partial charge < -0.3 is 19.5 Å². The van der Waals surface area contributed by atoms with Gasteiger partial charge in [0.1, 0.15) is 18.5 Å². The van der Waals surface area contributed by atoms with Crippen molar-refractivity contribution >= 4 is 5.91 Å². The minimum atomic E-state index is -0.238. The van der Waals surface area contributed by atoms with E-state index < -0.39 is 0 Å². The van der Waals surface area contributed by atoms with E-state index in [2.05, 4.69) is 16.5 Å². The molecule has 0 bridgehead atoms. The molecule has 0 aliphatic carbocycles. The van der Waals surface area contributed by atoms with Crippen LogP contribution in [0.25, 0.3) is 0 Å². The molecule has 1 aromatic carbocycles. The minimum Gasteiger partial charge on any atom is -0.491 e. The fourth-order valence-electron chi connectivity index (χ4n) is 4.56. The Hall–Kier alpha value is -3.05. The lowest BCUT2D eigenvalue weighted by atomic mass is 9.93. The van der Waals surface area contributed by atoms with Gasteiger partial charge in [-0.05, 0) is 61.8 Å². The van der Waals surface area contributed by atoms with Crippen LogP contribution in [-0.2, 0) is 17.7 Å². The topological polar surface area (TPSA) is 98.4 Å². The third-order valence-corrected chi connectivity index (χ3v) is 6.31. The van der Waals surface area contributed by atoms with E-state index in [0.717, 1.165) is 56.1 Å². The summed E-state index contributed by atoms with van der Waals surface area (Å²) in [6, 6.07) is 9.04. The number of carbonyl (C=O) groups excluding carboxylic acids is 1. The van der Waals surface area contributed by atoms with Crippen molar-refractivity contribution < 1.29 is 19.0 Å². The molecule has 2 atom stereocenters. The average molecular weight is 422 g/mol. The van der Waals surface area contributed by atoms with Crippen molar-refractivity contribution in [3.05, 3.63) is 41.1 Å². The van der Waals surface area contributed by atoms with E-state index in [4.69, 9.17) is 19.5 Å². The summed E-state index contributed by atoms with van der Waals surface area (Å²) in [5.74, 6) is 1.91. The van der Waals surface area contributed by atoms with Gasteiger partial charge in [0.05, 0.1) is 24.2 Å². The highest BCUT2D eigenvalue weighted by Gasteiger charge is 2.29. The van der Waals surface area contributed by atoms with E-state index in [-0.39, 0.29) is 18.1 Å². The predicted molar refractivity (Wildman–Crippen MR) is 111 cm³/mol. The van der Waals surface area contributed by atoms with Crippen LogP contribution in [0.1, 0.15) is 47.3 Å². The number of ether oxygens (including phenoxy) is 3. The third kappa shape index (κ3) is 4.37. The lowest BCUT2D eigenvalue weighted by molar-refractivity contribution is 0.0594. The normalized spacial score (nSPS) is 22.5. The molecule has 0 radical (unpaired) electrons. The van der Waals surface area contributed by atoms with Crippen LogP contribution < -0.4 is 14.8 Å². The number of carbonyl (C=O) groups is 1. The maximum Gasteiger partial charge on any atom is 0.272 e. The zero-order chi connectivity index (χ0) is 21.2. The standard InChI is InChI=1S/C23H26N4O4/c24-12-16-2-4-21-17(9-16)10-18(14-30-21)25-23(28)20-11-22-27(26-20)13-19(31-22)3-1-15-5-7-29-8-6-15/h2,4,9,11,15,18-19H,1,3,5-8,10,13-14H2,(H,25,28). The Balaban J connectivity index is 1.14. The number of amides is 1. The number of hydrogen-bond donors (Lipinski definition) is 1. The molecule has 1 aromatic heterocycles. The number of nitriles is 1. The molecule has 3 aliphatic rings. The largest absolute Gasteiger partial charge is 0.491 e. The Kier molecular flexibility index (Phi) is 5.51. The maximum absolute atomic E-state index is 12.7. The number of benzene rings is 1. The monoisotopic (exact) mass is 422 g/mol. The molecule has 2 aromatic rings. The molecule has 0 spiro atoms. The number of rotatable bonds is 5. The van der Waals surface area contributed by atoms with Gasteiger partial charge in [-0.15, -0.1) is 0 Å². The molecule has 162 valence electrons. The second-order valence-corrected chi connectivity index (χ2v) is 8.54. The number of nitrogens with one attached hydrogen (secondary N) is 1. The number of nitrogens with zero attached hydrogens (tertiary/aromatic N) is 3. The first-order valence-corrected chi connectivity index (χ1v) is 11.0. The minimum absolute atomic E-state index is 0.125. The van der Waals surface area contributed by atoms with Crippen molar-refractivity contribution in [1.82, 2.24) is 15.1 Å². The molecular weight excluding hydrogens is 396 g/mol. The van der Waals surface area contributed by atoms with Crippen molar-refractivity contribution in [2.75, 3.05) is 19.8 Å². The van der Waals surface area contributed by atoms with Crippen molar-refractivity contribution in [3.63, 3.8) is 0 Å². The van der Waals surface area contributed by atoms with Gasteiger partial charge >= 0.3 is 0 Å². The van der Waals surface area contributed by atoms with Crippen LogP contribution in [0.15, 0.2) is 24.3 Å². The third-order valence-electron chi connectivity index (χ3n) is 6.31. The summed E-state index contributed by atoms with van der Waals surface area (Å²) < 4.78 is 19.0. The summed E-state index contributed by atoms with van der Waals surface area (Å²) >= 11 is 0. The van der Waals surface area contributed by atoms with Gasteiger partial charge in [-0.25, -0.2) is 4.68 Å². The summed E-state index contributed by atoms with van der Waals surface area (Å²) in [5, 5.41) is 16.5. The van der Waals surface area contributed by atoms with Crippen LogP contribution in [0.5, 0.6) is 11.6 Å². The van der Waals surface area contributed by atoms with Crippen LogP contribution >= 0.6 is 0 Å². The Bertz CT molecular complexity index is 982. The zero-order valence-electron chi connectivity index (χ0n) is 17.4. The van der Waals surface area contributed by atoms with E-state index in [1.807, 2.05) is 12.1 Å². The predicted octanol–water partition coefficient (Wildman–Crippen LogP) is 2.46. The summed E-state index contributed by atoms with van der Waals surface area (Å²) in [4.78, 5) is 12.7. The quantitative estimate of drug-likeness (QED) is 0.795. The Labute approximate surface area is 181 Å². The van der Waals surface area contributed by atoms with Gasteiger partial charge in [-0.3, -0.25) is 4.79 Å². The molecular formula is C23H26N4O4. The highest BCUT2D eigenvalue weighted by molar-refractivity contribution is 5.92. The lowest BCUT2D eigenvalue weighted by Crippen LogP contribution is -2.43. The van der Waals surface area contributed by atoms with E-state index in [0.29, 0.717) is 36.7 Å². The molecule has 8 heteroatoms. The number of hydrogen-bond acceptors (Lipinski definition) is 6. The van der Waals surface area contributed by atoms with Crippen LogP contribution in [0.4, 0.5) is 0 Å². The Morgan fingerprint density at radius 2 is 2.13 bits per heavy atom. The van der Waals surface area contributed by atoms with E-state index >= 15 is 0 Å². The van der Waals surface area contributed by atoms with Gasteiger partial charge in [-0.2, -0.15) is 10.4 Å². The SMILES string of the molecule is N#Cc1ccc2c(c1)CC(NC(=O)c1cc3n(n1)CC(CCC1CCOCC1)O3)CO2. The highest BCUT2D eigenvalue weighted by atomic mass is 16.5.